The molecule has 0 radical (unpaired) electrons. The van der Waals surface area contributed by atoms with E-state index >= 15 is 0 Å². The summed E-state index contributed by atoms with van der Waals surface area (Å²) in [5, 5.41) is 9.40. The Morgan fingerprint density at radius 1 is 1.33 bits per heavy atom. The fourth-order valence-corrected chi connectivity index (χ4v) is 4.45. The lowest BCUT2D eigenvalue weighted by Gasteiger charge is -2.28. The van der Waals surface area contributed by atoms with Gasteiger partial charge in [0, 0.05) is 11.7 Å². The van der Waals surface area contributed by atoms with Crippen LogP contribution in [0.5, 0.6) is 0 Å². The Morgan fingerprint density at radius 3 is 2.39 bits per heavy atom. The van der Waals surface area contributed by atoms with Crippen molar-refractivity contribution in [1.82, 2.24) is 4.90 Å². The number of aliphatic carboxylic acids is 1. The summed E-state index contributed by atoms with van der Waals surface area (Å²) in [6, 6.07) is -0.607. The van der Waals surface area contributed by atoms with Crippen LogP contribution in [0.25, 0.3) is 0 Å². The van der Waals surface area contributed by atoms with Crippen molar-refractivity contribution in [2.75, 3.05) is 5.75 Å². The van der Waals surface area contributed by atoms with Gasteiger partial charge in [0.1, 0.15) is 6.04 Å². The highest BCUT2D eigenvalue weighted by Crippen LogP contribution is 2.55. The molecule has 2 saturated carbocycles. The third-order valence-electron chi connectivity index (χ3n) is 4.41. The molecule has 2 aliphatic carbocycles. The number of hydrogen-bond acceptors (Lipinski definition) is 3. The number of rotatable bonds is 3. The molecule has 3 rings (SSSR count). The molecule has 18 heavy (non-hydrogen) atoms. The zero-order chi connectivity index (χ0) is 13.1. The molecule has 1 N–H and O–H groups in total. The van der Waals surface area contributed by atoms with Crippen LogP contribution in [0.1, 0.15) is 33.1 Å². The molecule has 0 spiro atoms. The molecule has 0 aromatic rings. The Labute approximate surface area is 111 Å². The van der Waals surface area contributed by atoms with Gasteiger partial charge in [-0.25, -0.2) is 4.79 Å². The summed E-state index contributed by atoms with van der Waals surface area (Å²) in [7, 11) is 0. The Kier molecular flexibility index (Phi) is 2.66. The fraction of sp³-hybridized carbons (Fsp3) is 0.846. The van der Waals surface area contributed by atoms with Crippen LogP contribution in [0.15, 0.2) is 0 Å². The molecule has 3 atom stereocenters. The molecule has 5 heteroatoms. The van der Waals surface area contributed by atoms with Crippen LogP contribution in [0.3, 0.4) is 0 Å². The number of nitrogens with zero attached hydrogens (tertiary/aromatic N) is 1. The maximum atomic E-state index is 12.5. The molecule has 100 valence electrons. The van der Waals surface area contributed by atoms with E-state index in [4.69, 9.17) is 0 Å². The number of carbonyl (C=O) groups is 2. The Morgan fingerprint density at radius 2 is 1.94 bits per heavy atom. The highest BCUT2D eigenvalue weighted by Gasteiger charge is 2.57. The second kappa shape index (κ2) is 3.89. The smallest absolute Gasteiger partial charge is 0.327 e. The van der Waals surface area contributed by atoms with Crippen LogP contribution in [0, 0.1) is 17.3 Å². The van der Waals surface area contributed by atoms with E-state index in [1.807, 2.05) is 0 Å². The number of thioether (sulfide) groups is 1. The van der Waals surface area contributed by atoms with Gasteiger partial charge in [0.05, 0.1) is 5.37 Å². The van der Waals surface area contributed by atoms with Gasteiger partial charge in [-0.3, -0.25) is 4.79 Å². The zero-order valence-corrected chi connectivity index (χ0v) is 11.6. The first-order valence-corrected chi connectivity index (χ1v) is 7.63. The van der Waals surface area contributed by atoms with Crippen molar-refractivity contribution < 1.29 is 14.7 Å². The molecule has 1 aliphatic heterocycles. The molecule has 1 saturated heterocycles. The number of hydrogen-bond donors (Lipinski definition) is 1. The monoisotopic (exact) mass is 269 g/mol. The molecule has 1 heterocycles. The highest BCUT2D eigenvalue weighted by molar-refractivity contribution is 8.00. The summed E-state index contributed by atoms with van der Waals surface area (Å²) in [5.41, 5.74) is 0.0709. The van der Waals surface area contributed by atoms with E-state index in [1.54, 1.807) is 16.7 Å². The summed E-state index contributed by atoms with van der Waals surface area (Å²) in [6.45, 7) is 4.17. The number of carboxylic acids is 1. The third kappa shape index (κ3) is 1.92. The molecule has 0 aromatic heterocycles. The second-order valence-corrected chi connectivity index (χ2v) is 7.56. The van der Waals surface area contributed by atoms with Gasteiger partial charge in [-0.2, -0.15) is 0 Å². The van der Waals surface area contributed by atoms with E-state index in [0.29, 0.717) is 11.7 Å². The Balaban J connectivity index is 1.80. The quantitative estimate of drug-likeness (QED) is 0.848. The van der Waals surface area contributed by atoms with Crippen LogP contribution in [-0.2, 0) is 9.59 Å². The van der Waals surface area contributed by atoms with Gasteiger partial charge in [0.2, 0.25) is 5.91 Å². The number of carbonyl (C=O) groups excluding carboxylic acids is 1. The first-order chi connectivity index (χ1) is 8.42. The molecule has 3 fully saturated rings. The largest absolute Gasteiger partial charge is 0.480 e. The lowest BCUT2D eigenvalue weighted by atomic mass is 10.1. The van der Waals surface area contributed by atoms with Crippen LogP contribution in [-0.4, -0.2) is 39.1 Å². The van der Waals surface area contributed by atoms with Crippen molar-refractivity contribution in [2.24, 2.45) is 17.3 Å². The van der Waals surface area contributed by atoms with E-state index in [2.05, 4.69) is 13.8 Å². The van der Waals surface area contributed by atoms with Crippen molar-refractivity contribution in [3.63, 3.8) is 0 Å². The Hall–Kier alpha value is -0.710. The predicted octanol–water partition coefficient (Wildman–Crippen LogP) is 1.80. The number of amides is 1. The predicted molar refractivity (Wildman–Crippen MR) is 69.1 cm³/mol. The second-order valence-electron chi connectivity index (χ2n) is 6.41. The molecule has 4 nitrogen and oxygen atoms in total. The molecular weight excluding hydrogens is 250 g/mol. The highest BCUT2D eigenvalue weighted by atomic mass is 32.2. The van der Waals surface area contributed by atoms with Crippen LogP contribution >= 0.6 is 11.8 Å². The average molecular weight is 269 g/mol. The van der Waals surface area contributed by atoms with Gasteiger partial charge < -0.3 is 10.0 Å². The number of carboxylic acid groups (broad SMARTS) is 1. The maximum Gasteiger partial charge on any atom is 0.327 e. The summed E-state index contributed by atoms with van der Waals surface area (Å²) >= 11 is 1.66. The first-order valence-electron chi connectivity index (χ1n) is 6.58. The topological polar surface area (TPSA) is 57.6 Å². The van der Waals surface area contributed by atoms with Gasteiger partial charge in [0.15, 0.2) is 0 Å². The molecular formula is C13H19NO3S. The third-order valence-corrected chi connectivity index (χ3v) is 5.87. The van der Waals surface area contributed by atoms with Gasteiger partial charge in [-0.1, -0.05) is 13.8 Å². The van der Waals surface area contributed by atoms with Crippen molar-refractivity contribution in [3.8, 4) is 0 Å². The fourth-order valence-electron chi connectivity index (χ4n) is 2.81. The minimum atomic E-state index is -0.850. The standard InChI is InChI=1S/C13H19NO3S/c1-13(2)5-8(13)10(15)14-9(12(16)17)6-18-11(14)7-3-4-7/h7-9,11H,3-6H2,1-2H3,(H,16,17). The lowest BCUT2D eigenvalue weighted by Crippen LogP contribution is -2.47. The minimum Gasteiger partial charge on any atom is -0.480 e. The maximum absolute atomic E-state index is 12.5. The molecule has 3 aliphatic rings. The molecule has 1 amide bonds. The minimum absolute atomic E-state index is 0.0410. The van der Waals surface area contributed by atoms with Crippen LogP contribution < -0.4 is 0 Å². The van der Waals surface area contributed by atoms with Crippen molar-refractivity contribution in [2.45, 2.75) is 44.5 Å². The Bertz CT molecular complexity index is 405. The summed E-state index contributed by atoms with van der Waals surface area (Å²) in [4.78, 5) is 25.5. The molecule has 0 bridgehead atoms. The summed E-state index contributed by atoms with van der Waals surface area (Å²) < 4.78 is 0. The first kappa shape index (κ1) is 12.3. The lowest BCUT2D eigenvalue weighted by molar-refractivity contribution is -0.150. The molecule has 0 aromatic carbocycles. The van der Waals surface area contributed by atoms with E-state index in [1.165, 1.54) is 0 Å². The van der Waals surface area contributed by atoms with Gasteiger partial charge in [-0.05, 0) is 30.6 Å². The normalized spacial score (nSPS) is 37.7. The van der Waals surface area contributed by atoms with Crippen LogP contribution in [0.2, 0.25) is 0 Å². The molecule has 3 unspecified atom stereocenters. The SMILES string of the molecule is CC1(C)CC1C(=O)N1C(C(=O)O)CSC1C1CC1. The summed E-state index contributed by atoms with van der Waals surface area (Å²) in [6.07, 6.45) is 3.18. The average Bonchev–Trinajstić information content (AvgIpc) is 3.17. The van der Waals surface area contributed by atoms with Crippen molar-refractivity contribution in [3.05, 3.63) is 0 Å². The van der Waals surface area contributed by atoms with Crippen LogP contribution in [0.4, 0.5) is 0 Å². The van der Waals surface area contributed by atoms with Crippen molar-refractivity contribution >= 4 is 23.6 Å². The van der Waals surface area contributed by atoms with Gasteiger partial charge in [0.25, 0.3) is 0 Å². The van der Waals surface area contributed by atoms with Crippen molar-refractivity contribution in [1.29, 1.82) is 0 Å². The zero-order valence-electron chi connectivity index (χ0n) is 10.8. The van der Waals surface area contributed by atoms with E-state index in [9.17, 15) is 14.7 Å². The van der Waals surface area contributed by atoms with E-state index < -0.39 is 12.0 Å². The van der Waals surface area contributed by atoms with E-state index in [0.717, 1.165) is 19.3 Å². The summed E-state index contributed by atoms with van der Waals surface area (Å²) in [5.74, 6) is 0.353. The van der Waals surface area contributed by atoms with Gasteiger partial charge >= 0.3 is 5.97 Å². The van der Waals surface area contributed by atoms with Gasteiger partial charge in [-0.15, -0.1) is 11.8 Å². The van der Waals surface area contributed by atoms with E-state index in [-0.39, 0.29) is 22.6 Å².